The maximum Gasteiger partial charge on any atom is 0.305 e. The van der Waals surface area contributed by atoms with E-state index in [1.807, 2.05) is 0 Å². The third kappa shape index (κ3) is 2.89. The predicted molar refractivity (Wildman–Crippen MR) is 51.2 cm³/mol. The molecule has 1 amide bonds. The number of piperazine rings is 1. The van der Waals surface area contributed by atoms with E-state index in [1.54, 1.807) is 11.9 Å². The molecule has 0 spiro atoms. The van der Waals surface area contributed by atoms with Gasteiger partial charge in [-0.05, 0) is 7.05 Å². The second-order valence-corrected chi connectivity index (χ2v) is 3.61. The summed E-state index contributed by atoms with van der Waals surface area (Å²) in [5.74, 6) is -1.30. The largest absolute Gasteiger partial charge is 0.481 e. The number of rotatable bonds is 4. The van der Waals surface area contributed by atoms with E-state index in [0.29, 0.717) is 13.1 Å². The number of carbonyl (C=O) groups is 2. The van der Waals surface area contributed by atoms with E-state index in [0.717, 1.165) is 0 Å². The number of amides is 1. The van der Waals surface area contributed by atoms with Crippen LogP contribution in [-0.4, -0.2) is 66.2 Å². The van der Waals surface area contributed by atoms with Gasteiger partial charge in [0.2, 0.25) is 5.91 Å². The maximum absolute atomic E-state index is 12.1. The normalized spacial score (nSPS) is 23.2. The van der Waals surface area contributed by atoms with Crippen molar-refractivity contribution in [3.05, 3.63) is 0 Å². The Morgan fingerprint density at radius 3 is 2.80 bits per heavy atom. The minimum Gasteiger partial charge on any atom is -0.481 e. The summed E-state index contributed by atoms with van der Waals surface area (Å²) in [4.78, 5) is 25.3. The number of alkyl halides is 1. The van der Waals surface area contributed by atoms with Crippen molar-refractivity contribution >= 4 is 11.9 Å². The summed E-state index contributed by atoms with van der Waals surface area (Å²) in [5, 5.41) is 8.65. The van der Waals surface area contributed by atoms with E-state index in [1.165, 1.54) is 4.90 Å². The number of halogens is 1. The quantitative estimate of drug-likeness (QED) is 0.695. The number of carboxylic acids is 1. The van der Waals surface area contributed by atoms with Crippen LogP contribution in [0.3, 0.4) is 0 Å². The van der Waals surface area contributed by atoms with Crippen LogP contribution in [0.4, 0.5) is 4.39 Å². The Morgan fingerprint density at radius 1 is 1.60 bits per heavy atom. The molecule has 0 aliphatic carbocycles. The molecule has 0 aromatic heterocycles. The summed E-state index contributed by atoms with van der Waals surface area (Å²) in [7, 11) is 1.71. The van der Waals surface area contributed by atoms with Gasteiger partial charge in [0.25, 0.3) is 0 Å². The molecular weight excluding hydrogens is 203 g/mol. The monoisotopic (exact) mass is 218 g/mol. The molecule has 0 saturated carbocycles. The highest BCUT2D eigenvalue weighted by Gasteiger charge is 2.33. The van der Waals surface area contributed by atoms with Crippen molar-refractivity contribution in [1.29, 1.82) is 0 Å². The smallest absolute Gasteiger partial charge is 0.305 e. The van der Waals surface area contributed by atoms with Gasteiger partial charge >= 0.3 is 5.97 Å². The Morgan fingerprint density at radius 2 is 2.27 bits per heavy atom. The number of carboxylic acid groups (broad SMARTS) is 1. The fourth-order valence-corrected chi connectivity index (χ4v) is 1.68. The zero-order valence-corrected chi connectivity index (χ0v) is 8.65. The summed E-state index contributed by atoms with van der Waals surface area (Å²) in [6.07, 6.45) is -0.224. The van der Waals surface area contributed by atoms with Crippen LogP contribution in [0.2, 0.25) is 0 Å². The topological polar surface area (TPSA) is 60.9 Å². The molecule has 1 unspecified atom stereocenters. The molecule has 1 atom stereocenters. The summed E-state index contributed by atoms with van der Waals surface area (Å²) in [5.41, 5.74) is 0. The number of carbonyl (C=O) groups excluding carboxylic acids is 1. The van der Waals surface area contributed by atoms with E-state index < -0.39 is 18.7 Å². The van der Waals surface area contributed by atoms with Gasteiger partial charge in [-0.3, -0.25) is 14.5 Å². The van der Waals surface area contributed by atoms with Gasteiger partial charge in [0.05, 0.1) is 12.5 Å². The Labute approximate surface area is 87.5 Å². The summed E-state index contributed by atoms with van der Waals surface area (Å²) < 4.78 is 12.1. The Bertz CT molecular complexity index is 260. The molecule has 1 saturated heterocycles. The SMILES string of the molecule is CN1CCN(CCF)C(=O)C1CC(=O)O. The molecule has 0 aromatic rings. The lowest BCUT2D eigenvalue weighted by molar-refractivity contribution is -0.148. The molecule has 1 fully saturated rings. The number of nitrogens with zero attached hydrogens (tertiary/aromatic N) is 2. The van der Waals surface area contributed by atoms with Gasteiger partial charge in [-0.25, -0.2) is 4.39 Å². The lowest BCUT2D eigenvalue weighted by Crippen LogP contribution is -2.56. The van der Waals surface area contributed by atoms with Crippen LogP contribution in [0.15, 0.2) is 0 Å². The van der Waals surface area contributed by atoms with E-state index in [2.05, 4.69) is 0 Å². The van der Waals surface area contributed by atoms with Crippen molar-refractivity contribution in [2.24, 2.45) is 0 Å². The first-order chi connectivity index (χ1) is 7.06. The van der Waals surface area contributed by atoms with Crippen molar-refractivity contribution in [3.63, 3.8) is 0 Å². The molecule has 86 valence electrons. The molecule has 5 nitrogen and oxygen atoms in total. The van der Waals surface area contributed by atoms with Crippen molar-refractivity contribution in [1.82, 2.24) is 9.80 Å². The molecule has 6 heteroatoms. The number of likely N-dealkylation sites (N-methyl/N-ethyl adjacent to an activating group) is 1. The molecule has 1 rings (SSSR count). The molecule has 1 heterocycles. The first-order valence-electron chi connectivity index (χ1n) is 4.83. The molecular formula is C9H15FN2O3. The van der Waals surface area contributed by atoms with Crippen LogP contribution in [0, 0.1) is 0 Å². The zero-order valence-electron chi connectivity index (χ0n) is 8.65. The Kier molecular flexibility index (Phi) is 4.02. The van der Waals surface area contributed by atoms with Gasteiger partial charge in [0.15, 0.2) is 0 Å². The van der Waals surface area contributed by atoms with Crippen LogP contribution < -0.4 is 0 Å². The van der Waals surface area contributed by atoms with Gasteiger partial charge < -0.3 is 10.0 Å². The number of hydrogen-bond donors (Lipinski definition) is 1. The average molecular weight is 218 g/mol. The first kappa shape index (κ1) is 11.9. The van der Waals surface area contributed by atoms with Gasteiger partial charge in [0, 0.05) is 19.6 Å². The zero-order chi connectivity index (χ0) is 11.4. The predicted octanol–water partition coefficient (Wildman–Crippen LogP) is -0.427. The van der Waals surface area contributed by atoms with E-state index >= 15 is 0 Å². The highest BCUT2D eigenvalue weighted by molar-refractivity contribution is 5.86. The highest BCUT2D eigenvalue weighted by Crippen LogP contribution is 2.12. The highest BCUT2D eigenvalue weighted by atomic mass is 19.1. The van der Waals surface area contributed by atoms with Gasteiger partial charge in [0.1, 0.15) is 6.67 Å². The van der Waals surface area contributed by atoms with Crippen LogP contribution in [0.5, 0.6) is 0 Å². The molecule has 1 N–H and O–H groups in total. The van der Waals surface area contributed by atoms with E-state index in [-0.39, 0.29) is 18.9 Å². The minimum atomic E-state index is -1.01. The molecule has 1 aliphatic heterocycles. The fourth-order valence-electron chi connectivity index (χ4n) is 1.68. The standard InChI is InChI=1S/C9H15FN2O3/c1-11-4-5-12(3-2-10)9(15)7(11)6-8(13)14/h7H,2-6H2,1H3,(H,13,14). The Hall–Kier alpha value is -1.17. The minimum absolute atomic E-state index is 0.0583. The third-order valence-corrected chi connectivity index (χ3v) is 2.57. The lowest BCUT2D eigenvalue weighted by atomic mass is 10.1. The summed E-state index contributed by atoms with van der Waals surface area (Å²) in [6.45, 7) is 0.525. The second-order valence-electron chi connectivity index (χ2n) is 3.61. The third-order valence-electron chi connectivity index (χ3n) is 2.57. The summed E-state index contributed by atoms with van der Waals surface area (Å²) in [6, 6.07) is -0.650. The molecule has 0 aromatic carbocycles. The number of hydrogen-bond acceptors (Lipinski definition) is 3. The maximum atomic E-state index is 12.1. The van der Waals surface area contributed by atoms with Crippen molar-refractivity contribution in [2.45, 2.75) is 12.5 Å². The van der Waals surface area contributed by atoms with E-state index in [9.17, 15) is 14.0 Å². The van der Waals surface area contributed by atoms with E-state index in [4.69, 9.17) is 5.11 Å². The summed E-state index contributed by atoms with van der Waals surface area (Å²) >= 11 is 0. The van der Waals surface area contributed by atoms with Crippen LogP contribution in [0.1, 0.15) is 6.42 Å². The molecule has 0 radical (unpaired) electrons. The van der Waals surface area contributed by atoms with Gasteiger partial charge in [-0.1, -0.05) is 0 Å². The fraction of sp³-hybridized carbons (Fsp3) is 0.778. The Balaban J connectivity index is 2.65. The average Bonchev–Trinajstić information content (AvgIpc) is 2.17. The van der Waals surface area contributed by atoms with Crippen molar-refractivity contribution < 1.29 is 19.1 Å². The first-order valence-corrected chi connectivity index (χ1v) is 4.83. The van der Waals surface area contributed by atoms with Crippen molar-refractivity contribution in [2.75, 3.05) is 33.4 Å². The van der Waals surface area contributed by atoms with Crippen LogP contribution >= 0.6 is 0 Å². The lowest BCUT2D eigenvalue weighted by Gasteiger charge is -2.37. The van der Waals surface area contributed by atoms with Crippen molar-refractivity contribution in [3.8, 4) is 0 Å². The number of aliphatic carboxylic acids is 1. The van der Waals surface area contributed by atoms with Gasteiger partial charge in [-0.2, -0.15) is 0 Å². The molecule has 15 heavy (non-hydrogen) atoms. The van der Waals surface area contributed by atoms with Crippen LogP contribution in [-0.2, 0) is 9.59 Å². The molecule has 0 bridgehead atoms. The second kappa shape index (κ2) is 5.06. The van der Waals surface area contributed by atoms with Crippen LogP contribution in [0.25, 0.3) is 0 Å². The molecule has 1 aliphatic rings. The van der Waals surface area contributed by atoms with Gasteiger partial charge in [-0.15, -0.1) is 0 Å².